The molecule has 6 nitrogen and oxygen atoms in total. The third kappa shape index (κ3) is 7.51. The van der Waals surface area contributed by atoms with E-state index in [9.17, 15) is 9.59 Å². The zero-order valence-electron chi connectivity index (χ0n) is 26.7. The summed E-state index contributed by atoms with van der Waals surface area (Å²) in [5.74, 6) is -0.631. The molecule has 0 spiro atoms. The van der Waals surface area contributed by atoms with Crippen LogP contribution in [0.15, 0.2) is 109 Å². The summed E-state index contributed by atoms with van der Waals surface area (Å²) in [7, 11) is 0. The van der Waals surface area contributed by atoms with Gasteiger partial charge in [0.2, 0.25) is 0 Å². The Morgan fingerprint density at radius 1 is 0.841 bits per heavy atom. The summed E-state index contributed by atoms with van der Waals surface area (Å²) in [5, 5.41) is 0. The number of carbonyl (C=O) groups excluding carboxylic acids is 2. The molecule has 0 aromatic heterocycles. The maximum Gasteiger partial charge on any atom is 0.330 e. The molecule has 4 rings (SSSR count). The van der Waals surface area contributed by atoms with Crippen LogP contribution in [0, 0.1) is 0 Å². The third-order valence-electron chi connectivity index (χ3n) is 8.41. The molecule has 2 aliphatic heterocycles. The number of halogens is 1. The maximum atomic E-state index is 11.9. The molecule has 2 aromatic rings. The number of esters is 2. The molecule has 234 valence electrons. The summed E-state index contributed by atoms with van der Waals surface area (Å²) in [6, 6.07) is 17.2. The minimum atomic E-state index is -0.325. The van der Waals surface area contributed by atoms with E-state index in [0.717, 1.165) is 11.4 Å². The van der Waals surface area contributed by atoms with Gasteiger partial charge in [-0.3, -0.25) is 4.90 Å². The number of allylic oxidation sites excluding steroid dienone is 5. The van der Waals surface area contributed by atoms with Gasteiger partial charge in [-0.25, -0.2) is 9.59 Å². The number of carbonyl (C=O) groups is 2. The number of nitrogens with one attached hydrogen (secondary N) is 1. The van der Waals surface area contributed by atoms with Crippen molar-refractivity contribution in [1.29, 1.82) is 0 Å². The topological polar surface area (TPSA) is 60.3 Å². The predicted molar refractivity (Wildman–Crippen MR) is 173 cm³/mol. The first-order chi connectivity index (χ1) is 20.6. The van der Waals surface area contributed by atoms with Crippen LogP contribution in [0.3, 0.4) is 0 Å². The van der Waals surface area contributed by atoms with Crippen LogP contribution < -0.4 is 26.8 Å². The van der Waals surface area contributed by atoms with Gasteiger partial charge in [0, 0.05) is 41.1 Å². The van der Waals surface area contributed by atoms with Crippen molar-refractivity contribution in [2.24, 2.45) is 0 Å². The van der Waals surface area contributed by atoms with E-state index in [2.05, 4.69) is 112 Å². The Morgan fingerprint density at radius 2 is 1.45 bits per heavy atom. The Bertz CT molecular complexity index is 1470. The smallest absolute Gasteiger partial charge is 0.330 e. The minimum absolute atomic E-state index is 0. The number of hydrogen-bond donors (Lipinski definition) is 1. The van der Waals surface area contributed by atoms with Crippen molar-refractivity contribution in [2.45, 2.75) is 58.4 Å². The first kappa shape index (κ1) is 34.8. The summed E-state index contributed by atoms with van der Waals surface area (Å²) < 4.78 is 10.1. The molecule has 0 aliphatic carbocycles. The number of ether oxygens (including phenoxy) is 2. The van der Waals surface area contributed by atoms with Crippen molar-refractivity contribution in [3.63, 3.8) is 0 Å². The number of quaternary nitrogens is 1. The van der Waals surface area contributed by atoms with Gasteiger partial charge in [-0.2, -0.15) is 0 Å². The van der Waals surface area contributed by atoms with Crippen LogP contribution in [0.5, 0.6) is 0 Å². The second-order valence-electron chi connectivity index (χ2n) is 11.9. The van der Waals surface area contributed by atoms with Crippen LogP contribution in [0.25, 0.3) is 0 Å². The molecule has 0 saturated heterocycles. The lowest BCUT2D eigenvalue weighted by molar-refractivity contribution is -0.843. The van der Waals surface area contributed by atoms with Crippen LogP contribution in [0.1, 0.15) is 52.7 Å². The van der Waals surface area contributed by atoms with Crippen molar-refractivity contribution < 1.29 is 40.9 Å². The molecular formula is C37H45BrN2O4. The SMILES string of the molecule is CCOC(=O)/C=C/CN1/C(=C/C=C/C=C/C2[NH+](C/C=C/C(=O)OCC)c3ccccc3C2(C)C)C(C)(C)c2ccccc21.[Br-]. The Morgan fingerprint density at radius 3 is 2.14 bits per heavy atom. The summed E-state index contributed by atoms with van der Waals surface area (Å²) in [6.07, 6.45) is 17.6. The van der Waals surface area contributed by atoms with E-state index in [1.165, 1.54) is 33.9 Å². The van der Waals surface area contributed by atoms with Gasteiger partial charge >= 0.3 is 11.9 Å². The van der Waals surface area contributed by atoms with Crippen LogP contribution in [0.4, 0.5) is 11.4 Å². The molecule has 2 unspecified atom stereocenters. The molecule has 0 saturated carbocycles. The number of hydrogen-bond acceptors (Lipinski definition) is 5. The zero-order valence-corrected chi connectivity index (χ0v) is 28.3. The normalized spacial score (nSPS) is 20.9. The lowest BCUT2D eigenvalue weighted by Crippen LogP contribution is -3.10. The molecule has 2 heterocycles. The van der Waals surface area contributed by atoms with Gasteiger partial charge in [0.05, 0.1) is 18.6 Å². The highest BCUT2D eigenvalue weighted by molar-refractivity contribution is 5.82. The molecule has 0 amide bonds. The minimum Gasteiger partial charge on any atom is -1.00 e. The monoisotopic (exact) mass is 660 g/mol. The van der Waals surface area contributed by atoms with Gasteiger partial charge < -0.3 is 31.4 Å². The largest absolute Gasteiger partial charge is 1.00 e. The first-order valence-electron chi connectivity index (χ1n) is 15.2. The van der Waals surface area contributed by atoms with Crippen LogP contribution in [-0.2, 0) is 29.9 Å². The fourth-order valence-electron chi connectivity index (χ4n) is 6.33. The number of rotatable bonds is 11. The van der Waals surface area contributed by atoms with Crippen molar-refractivity contribution in [3.05, 3.63) is 120 Å². The highest BCUT2D eigenvalue weighted by Gasteiger charge is 2.47. The first-order valence-corrected chi connectivity index (χ1v) is 15.2. The standard InChI is InChI=1S/C37H44N2O4.BrH/c1-7-42-34(40)24-16-26-38-30-20-14-12-18-28(30)36(3,4)32(38)22-10-9-11-23-33-37(5,6)29-19-13-15-21-31(29)39(33)27-17-25-35(41)43-8-2;/h9-25,32H,7-8,26-27H2,1-6H3;1H/b11-9+,22-10+,24-16+,25-17+,33-23+;. The Balaban J connectivity index is 0.00000529. The Labute approximate surface area is 273 Å². The Kier molecular flexibility index (Phi) is 12.1. The number of nitrogens with zero attached hydrogens (tertiary/aromatic N) is 1. The number of fused-ring (bicyclic) bond motifs is 2. The van der Waals surface area contributed by atoms with Crippen molar-refractivity contribution in [3.8, 4) is 0 Å². The molecule has 1 N–H and O–H groups in total. The van der Waals surface area contributed by atoms with Crippen LogP contribution >= 0.6 is 0 Å². The second kappa shape index (κ2) is 15.4. The van der Waals surface area contributed by atoms with E-state index in [4.69, 9.17) is 9.47 Å². The quantitative estimate of drug-likeness (QED) is 0.228. The lowest BCUT2D eigenvalue weighted by atomic mass is 9.80. The summed E-state index contributed by atoms with van der Waals surface area (Å²) in [5.41, 5.74) is 5.89. The van der Waals surface area contributed by atoms with E-state index in [1.807, 2.05) is 19.1 Å². The third-order valence-corrected chi connectivity index (χ3v) is 8.41. The number of para-hydroxylation sites is 2. The Hall–Kier alpha value is -3.68. The molecule has 2 atom stereocenters. The molecule has 7 heteroatoms. The second-order valence-corrected chi connectivity index (χ2v) is 11.9. The summed E-state index contributed by atoms with van der Waals surface area (Å²) >= 11 is 0. The summed E-state index contributed by atoms with van der Waals surface area (Å²) in [4.78, 5) is 27.4. The van der Waals surface area contributed by atoms with Crippen LogP contribution in [-0.4, -0.2) is 44.3 Å². The van der Waals surface area contributed by atoms with Crippen molar-refractivity contribution in [1.82, 2.24) is 0 Å². The van der Waals surface area contributed by atoms with Gasteiger partial charge in [-0.1, -0.05) is 74.5 Å². The van der Waals surface area contributed by atoms with Gasteiger partial charge in [0.1, 0.15) is 18.3 Å². The lowest BCUT2D eigenvalue weighted by Gasteiger charge is -2.27. The van der Waals surface area contributed by atoms with Gasteiger partial charge in [0.25, 0.3) is 0 Å². The van der Waals surface area contributed by atoms with Gasteiger partial charge in [-0.05, 0) is 63.6 Å². The van der Waals surface area contributed by atoms with Crippen molar-refractivity contribution in [2.75, 3.05) is 31.2 Å². The fourth-order valence-corrected chi connectivity index (χ4v) is 6.33. The van der Waals surface area contributed by atoms with Gasteiger partial charge in [-0.15, -0.1) is 0 Å². The molecular weight excluding hydrogens is 616 g/mol. The highest BCUT2D eigenvalue weighted by Crippen LogP contribution is 2.47. The van der Waals surface area contributed by atoms with E-state index >= 15 is 0 Å². The van der Waals surface area contributed by atoms with Gasteiger partial charge in [0.15, 0.2) is 0 Å². The zero-order chi connectivity index (χ0) is 31.0. The van der Waals surface area contributed by atoms with E-state index in [1.54, 1.807) is 6.92 Å². The maximum absolute atomic E-state index is 11.9. The summed E-state index contributed by atoms with van der Waals surface area (Å²) in [6.45, 7) is 14.6. The molecule has 0 radical (unpaired) electrons. The van der Waals surface area contributed by atoms with Crippen LogP contribution in [0.2, 0.25) is 0 Å². The molecule has 0 bridgehead atoms. The molecule has 2 aromatic carbocycles. The van der Waals surface area contributed by atoms with E-state index < -0.39 is 0 Å². The molecule has 44 heavy (non-hydrogen) atoms. The molecule has 2 aliphatic rings. The number of anilines is 1. The highest BCUT2D eigenvalue weighted by atomic mass is 79.9. The van der Waals surface area contributed by atoms with E-state index in [0.29, 0.717) is 26.3 Å². The van der Waals surface area contributed by atoms with Crippen molar-refractivity contribution >= 4 is 23.3 Å². The average molecular weight is 662 g/mol. The predicted octanol–water partition coefficient (Wildman–Crippen LogP) is 2.90. The molecule has 0 fully saturated rings. The van der Waals surface area contributed by atoms with E-state index in [-0.39, 0.29) is 45.8 Å². The fraction of sp³-hybridized carbons (Fsp3) is 0.351. The number of benzene rings is 2. The average Bonchev–Trinajstić information content (AvgIpc) is 3.32.